The molecule has 0 radical (unpaired) electrons. The molecule has 0 amide bonds. The van der Waals surface area contributed by atoms with Crippen LogP contribution in [0.5, 0.6) is 11.5 Å². The van der Waals surface area contributed by atoms with Gasteiger partial charge in [0.25, 0.3) is 0 Å². The highest BCUT2D eigenvalue weighted by molar-refractivity contribution is 5.91. The van der Waals surface area contributed by atoms with Crippen LogP contribution in [-0.2, 0) is 0 Å². The lowest BCUT2D eigenvalue weighted by atomic mass is 10.2. The summed E-state index contributed by atoms with van der Waals surface area (Å²) in [6.07, 6.45) is 3.46. The minimum absolute atomic E-state index is 0. The minimum atomic E-state index is 0. The van der Waals surface area contributed by atoms with Gasteiger partial charge in [0.15, 0.2) is 0 Å². The fourth-order valence-electron chi connectivity index (χ4n) is 2.31. The highest BCUT2D eigenvalue weighted by Gasteiger charge is 2.03. The first-order chi connectivity index (χ1) is 11.3. The second-order valence-electron chi connectivity index (χ2n) is 4.85. The lowest BCUT2D eigenvalue weighted by Crippen LogP contribution is -1.96. The van der Waals surface area contributed by atoms with E-state index in [9.17, 15) is 0 Å². The minimum Gasteiger partial charge on any atom is -0.497 e. The number of benzene rings is 2. The maximum atomic E-state index is 5.33. The van der Waals surface area contributed by atoms with Crippen LogP contribution in [0.15, 0.2) is 59.8 Å². The number of nitrogens with one attached hydrogen (secondary N) is 1. The number of pyridine rings is 1. The van der Waals surface area contributed by atoms with E-state index >= 15 is 0 Å². The summed E-state index contributed by atoms with van der Waals surface area (Å²) in [5.41, 5.74) is 5.71. The number of rotatable bonds is 5. The molecule has 6 heteroatoms. The standard InChI is InChI=1S/C18H17N3O2.ClH/c1-22-14-7-8-18(23-2)13(11-14)12-20-21-17-9-10-19-16-6-4-3-5-15(16)17;/h3-12H,1-2H3,(H,19,21);1H. The molecule has 0 atom stereocenters. The molecule has 2 aromatic carbocycles. The van der Waals surface area contributed by atoms with Gasteiger partial charge in [0, 0.05) is 17.1 Å². The van der Waals surface area contributed by atoms with Crippen LogP contribution in [0, 0.1) is 0 Å². The first-order valence-corrected chi connectivity index (χ1v) is 7.16. The summed E-state index contributed by atoms with van der Waals surface area (Å²) in [7, 11) is 3.26. The van der Waals surface area contributed by atoms with Crippen molar-refractivity contribution in [3.8, 4) is 11.5 Å². The summed E-state index contributed by atoms with van der Waals surface area (Å²) in [5, 5.41) is 5.33. The molecule has 124 valence electrons. The fourth-order valence-corrected chi connectivity index (χ4v) is 2.31. The van der Waals surface area contributed by atoms with E-state index in [1.54, 1.807) is 26.6 Å². The molecule has 3 aromatic rings. The van der Waals surface area contributed by atoms with E-state index in [0.717, 1.165) is 33.7 Å². The Bertz CT molecular complexity index is 847. The first-order valence-electron chi connectivity index (χ1n) is 7.16. The molecule has 0 aliphatic heterocycles. The van der Waals surface area contributed by atoms with Crippen molar-refractivity contribution < 1.29 is 9.47 Å². The second kappa shape index (κ2) is 8.17. The smallest absolute Gasteiger partial charge is 0.127 e. The van der Waals surface area contributed by atoms with Crippen LogP contribution in [0.2, 0.25) is 0 Å². The Kier molecular flexibility index (Phi) is 5.98. The van der Waals surface area contributed by atoms with Gasteiger partial charge in [-0.25, -0.2) is 0 Å². The Morgan fingerprint density at radius 1 is 1.04 bits per heavy atom. The molecule has 0 aliphatic carbocycles. The zero-order valence-electron chi connectivity index (χ0n) is 13.4. The van der Waals surface area contributed by atoms with Gasteiger partial charge in [-0.05, 0) is 30.3 Å². The van der Waals surface area contributed by atoms with Crippen molar-refractivity contribution in [3.05, 3.63) is 60.3 Å². The van der Waals surface area contributed by atoms with Crippen LogP contribution in [0.1, 0.15) is 5.56 Å². The average Bonchev–Trinajstić information content (AvgIpc) is 2.61. The number of halogens is 1. The molecule has 5 nitrogen and oxygen atoms in total. The average molecular weight is 344 g/mol. The second-order valence-corrected chi connectivity index (χ2v) is 4.85. The number of hydrazone groups is 1. The Labute approximate surface area is 146 Å². The molecular weight excluding hydrogens is 326 g/mol. The lowest BCUT2D eigenvalue weighted by molar-refractivity contribution is 0.402. The van der Waals surface area contributed by atoms with Crippen molar-refractivity contribution >= 4 is 35.2 Å². The number of hydrogen-bond acceptors (Lipinski definition) is 5. The molecule has 0 aliphatic rings. The zero-order valence-corrected chi connectivity index (χ0v) is 14.2. The van der Waals surface area contributed by atoms with E-state index in [2.05, 4.69) is 15.5 Å². The lowest BCUT2D eigenvalue weighted by Gasteiger charge is -2.07. The maximum absolute atomic E-state index is 5.33. The fraction of sp³-hybridized carbons (Fsp3) is 0.111. The largest absolute Gasteiger partial charge is 0.497 e. The molecule has 0 saturated carbocycles. The number of methoxy groups -OCH3 is 2. The van der Waals surface area contributed by atoms with E-state index in [-0.39, 0.29) is 12.4 Å². The molecule has 24 heavy (non-hydrogen) atoms. The summed E-state index contributed by atoms with van der Waals surface area (Å²) >= 11 is 0. The summed E-state index contributed by atoms with van der Waals surface area (Å²) in [4.78, 5) is 4.33. The van der Waals surface area contributed by atoms with Gasteiger partial charge in [0.2, 0.25) is 0 Å². The molecule has 3 rings (SSSR count). The number of anilines is 1. The van der Waals surface area contributed by atoms with E-state index in [1.165, 1.54) is 0 Å². The number of para-hydroxylation sites is 1. The first kappa shape index (κ1) is 17.6. The normalized spacial score (nSPS) is 10.4. The van der Waals surface area contributed by atoms with Crippen LogP contribution in [0.25, 0.3) is 10.9 Å². The van der Waals surface area contributed by atoms with Crippen LogP contribution >= 0.6 is 12.4 Å². The molecule has 1 heterocycles. The molecular formula is C18H18ClN3O2. The molecule has 0 fully saturated rings. The number of fused-ring (bicyclic) bond motifs is 1. The van der Waals surface area contributed by atoms with Crippen LogP contribution in [0.4, 0.5) is 5.69 Å². The Hall–Kier alpha value is -2.79. The summed E-state index contributed by atoms with van der Waals surface area (Å²) in [6.45, 7) is 0. The summed E-state index contributed by atoms with van der Waals surface area (Å²) < 4.78 is 10.6. The van der Waals surface area contributed by atoms with Gasteiger partial charge in [0.1, 0.15) is 11.5 Å². The Morgan fingerprint density at radius 3 is 2.67 bits per heavy atom. The van der Waals surface area contributed by atoms with E-state index in [0.29, 0.717) is 0 Å². The van der Waals surface area contributed by atoms with Crippen molar-refractivity contribution in [1.82, 2.24) is 4.98 Å². The Balaban J connectivity index is 0.00000208. The monoisotopic (exact) mass is 343 g/mol. The molecule has 0 spiro atoms. The van der Waals surface area contributed by atoms with Crippen LogP contribution in [-0.4, -0.2) is 25.4 Å². The van der Waals surface area contributed by atoms with Gasteiger partial charge in [-0.1, -0.05) is 18.2 Å². The molecule has 0 bridgehead atoms. The topological polar surface area (TPSA) is 55.7 Å². The van der Waals surface area contributed by atoms with Gasteiger partial charge >= 0.3 is 0 Å². The number of nitrogens with zero attached hydrogens (tertiary/aromatic N) is 2. The summed E-state index contributed by atoms with van der Waals surface area (Å²) in [5.74, 6) is 1.48. The predicted molar refractivity (Wildman–Crippen MR) is 99.8 cm³/mol. The predicted octanol–water partition coefficient (Wildman–Crippen LogP) is 4.12. The van der Waals surface area contributed by atoms with E-state index in [4.69, 9.17) is 9.47 Å². The third-order valence-electron chi connectivity index (χ3n) is 3.47. The quantitative estimate of drug-likeness (QED) is 0.559. The summed E-state index contributed by atoms with van der Waals surface area (Å²) in [6, 6.07) is 15.4. The van der Waals surface area contributed by atoms with Gasteiger partial charge in [0.05, 0.1) is 31.6 Å². The maximum Gasteiger partial charge on any atom is 0.127 e. The Morgan fingerprint density at radius 2 is 1.88 bits per heavy atom. The van der Waals surface area contributed by atoms with Crippen molar-refractivity contribution in [2.45, 2.75) is 0 Å². The van der Waals surface area contributed by atoms with Crippen molar-refractivity contribution in [1.29, 1.82) is 0 Å². The highest BCUT2D eigenvalue weighted by Crippen LogP contribution is 2.23. The van der Waals surface area contributed by atoms with Gasteiger partial charge in [-0.2, -0.15) is 5.10 Å². The van der Waals surface area contributed by atoms with Crippen molar-refractivity contribution in [2.75, 3.05) is 19.6 Å². The van der Waals surface area contributed by atoms with Gasteiger partial charge in [-0.3, -0.25) is 10.4 Å². The van der Waals surface area contributed by atoms with Crippen LogP contribution < -0.4 is 14.9 Å². The van der Waals surface area contributed by atoms with Gasteiger partial charge in [-0.15, -0.1) is 12.4 Å². The van der Waals surface area contributed by atoms with Crippen molar-refractivity contribution in [2.24, 2.45) is 5.10 Å². The van der Waals surface area contributed by atoms with Crippen LogP contribution in [0.3, 0.4) is 0 Å². The molecule has 0 saturated heterocycles. The SMILES string of the molecule is COc1ccc(OC)c(C=NNc2ccnc3ccccc23)c1.Cl. The number of ether oxygens (including phenoxy) is 2. The molecule has 1 aromatic heterocycles. The van der Waals surface area contributed by atoms with Crippen molar-refractivity contribution in [3.63, 3.8) is 0 Å². The third kappa shape index (κ3) is 3.75. The van der Waals surface area contributed by atoms with E-state index in [1.807, 2.05) is 48.5 Å². The molecule has 1 N–H and O–H groups in total. The zero-order chi connectivity index (χ0) is 16.1. The van der Waals surface area contributed by atoms with E-state index < -0.39 is 0 Å². The van der Waals surface area contributed by atoms with Gasteiger partial charge < -0.3 is 9.47 Å². The highest BCUT2D eigenvalue weighted by atomic mass is 35.5. The number of hydrogen-bond donors (Lipinski definition) is 1. The number of aromatic nitrogens is 1. The molecule has 0 unspecified atom stereocenters. The third-order valence-corrected chi connectivity index (χ3v) is 3.47.